The van der Waals surface area contributed by atoms with Crippen LogP contribution in [0, 0.1) is 5.92 Å². The minimum absolute atomic E-state index is 0.0115. The summed E-state index contributed by atoms with van der Waals surface area (Å²) in [4.78, 5) is 24.4. The van der Waals surface area contributed by atoms with E-state index < -0.39 is 0 Å². The molecule has 2 aromatic rings. The van der Waals surface area contributed by atoms with E-state index in [-0.39, 0.29) is 17.7 Å². The van der Waals surface area contributed by atoms with Crippen molar-refractivity contribution in [2.24, 2.45) is 5.92 Å². The monoisotopic (exact) mass is 402 g/mol. The van der Waals surface area contributed by atoms with Crippen LogP contribution in [-0.2, 0) is 10.5 Å². The number of thioether (sulfide) groups is 1. The van der Waals surface area contributed by atoms with Gasteiger partial charge in [0.25, 0.3) is 5.91 Å². The Morgan fingerprint density at radius 3 is 2.57 bits per heavy atom. The van der Waals surface area contributed by atoms with Gasteiger partial charge in [0.1, 0.15) is 5.58 Å². The molecule has 1 fully saturated rings. The van der Waals surface area contributed by atoms with Gasteiger partial charge in [0.05, 0.1) is 0 Å². The maximum absolute atomic E-state index is 12.7. The van der Waals surface area contributed by atoms with E-state index in [1.807, 2.05) is 49.9 Å². The smallest absolute Gasteiger partial charge is 0.287 e. The average molecular weight is 403 g/mol. The molecular formula is C22H30N2O3S. The van der Waals surface area contributed by atoms with E-state index in [4.69, 9.17) is 4.42 Å². The van der Waals surface area contributed by atoms with Crippen LogP contribution in [0.15, 0.2) is 28.7 Å². The van der Waals surface area contributed by atoms with E-state index in [0.29, 0.717) is 24.1 Å². The quantitative estimate of drug-likeness (QED) is 0.638. The molecular weight excluding hydrogens is 372 g/mol. The predicted octanol–water partition coefficient (Wildman–Crippen LogP) is 4.50. The number of fused-ring (bicyclic) bond motifs is 1. The van der Waals surface area contributed by atoms with Crippen LogP contribution in [0.3, 0.4) is 0 Å². The molecule has 1 aliphatic carbocycles. The summed E-state index contributed by atoms with van der Waals surface area (Å²) in [6.07, 6.45) is 6.47. The lowest BCUT2D eigenvalue weighted by Gasteiger charge is -2.20. The van der Waals surface area contributed by atoms with E-state index in [9.17, 15) is 9.59 Å². The molecule has 0 bridgehead atoms. The number of carbonyl (C=O) groups excluding carboxylic acids is 2. The fraction of sp³-hybridized carbons (Fsp3) is 0.545. The zero-order valence-electron chi connectivity index (χ0n) is 16.8. The molecule has 1 aromatic heterocycles. The fourth-order valence-corrected chi connectivity index (χ4v) is 4.86. The minimum atomic E-state index is -0.214. The van der Waals surface area contributed by atoms with Gasteiger partial charge in [-0.05, 0) is 18.9 Å². The standard InChI is InChI=1S/C22H30N2O3S/c1-15(2)21(25)23-12-13-24-22(26)20-18(14-28-16-8-4-3-5-9-16)17-10-6-7-11-19(17)27-20/h6-7,10-11,15-16H,3-5,8-9,12-14H2,1-2H3,(H,23,25)(H,24,26). The highest BCUT2D eigenvalue weighted by atomic mass is 32.2. The molecule has 2 amide bonds. The Morgan fingerprint density at radius 2 is 1.82 bits per heavy atom. The lowest BCUT2D eigenvalue weighted by molar-refractivity contribution is -0.123. The average Bonchev–Trinajstić information content (AvgIpc) is 3.08. The van der Waals surface area contributed by atoms with Gasteiger partial charge in [-0.3, -0.25) is 9.59 Å². The number of hydrogen-bond donors (Lipinski definition) is 2. The third-order valence-corrected chi connectivity index (χ3v) is 6.55. The van der Waals surface area contributed by atoms with Crippen molar-refractivity contribution in [3.05, 3.63) is 35.6 Å². The first kappa shape index (κ1) is 20.8. The first-order valence-corrected chi connectivity index (χ1v) is 11.3. The van der Waals surface area contributed by atoms with Gasteiger partial charge in [-0.2, -0.15) is 11.8 Å². The molecule has 1 heterocycles. The first-order chi connectivity index (χ1) is 13.6. The zero-order chi connectivity index (χ0) is 19.9. The summed E-state index contributed by atoms with van der Waals surface area (Å²) in [5, 5.41) is 7.37. The second-order valence-electron chi connectivity index (χ2n) is 7.68. The SMILES string of the molecule is CC(C)C(=O)NCCNC(=O)c1oc2ccccc2c1CSC1CCCCC1. The summed E-state index contributed by atoms with van der Waals surface area (Å²) in [7, 11) is 0. The highest BCUT2D eigenvalue weighted by Gasteiger charge is 2.22. The molecule has 1 aliphatic rings. The highest BCUT2D eigenvalue weighted by Crippen LogP contribution is 2.34. The van der Waals surface area contributed by atoms with Crippen molar-refractivity contribution < 1.29 is 14.0 Å². The zero-order valence-corrected chi connectivity index (χ0v) is 17.6. The van der Waals surface area contributed by atoms with Gasteiger partial charge in [0.2, 0.25) is 5.91 Å². The molecule has 6 heteroatoms. The second-order valence-corrected chi connectivity index (χ2v) is 8.97. The number of benzene rings is 1. The van der Waals surface area contributed by atoms with E-state index in [1.54, 1.807) is 0 Å². The van der Waals surface area contributed by atoms with Crippen LogP contribution in [-0.4, -0.2) is 30.2 Å². The van der Waals surface area contributed by atoms with E-state index >= 15 is 0 Å². The molecule has 0 saturated heterocycles. The number of furan rings is 1. The van der Waals surface area contributed by atoms with E-state index in [1.165, 1.54) is 32.1 Å². The molecule has 1 aromatic carbocycles. The molecule has 0 atom stereocenters. The molecule has 152 valence electrons. The summed E-state index contributed by atoms with van der Waals surface area (Å²) < 4.78 is 5.90. The third-order valence-electron chi connectivity index (χ3n) is 5.15. The number of carbonyl (C=O) groups is 2. The van der Waals surface area contributed by atoms with Gasteiger partial charge >= 0.3 is 0 Å². The summed E-state index contributed by atoms with van der Waals surface area (Å²) in [6.45, 7) is 4.48. The summed E-state index contributed by atoms with van der Waals surface area (Å²) in [5.41, 5.74) is 1.73. The molecule has 0 radical (unpaired) electrons. The predicted molar refractivity (Wildman–Crippen MR) is 115 cm³/mol. The lowest BCUT2D eigenvalue weighted by atomic mass is 10.0. The van der Waals surface area contributed by atoms with Crippen molar-refractivity contribution in [1.82, 2.24) is 10.6 Å². The van der Waals surface area contributed by atoms with Crippen LogP contribution >= 0.6 is 11.8 Å². The Labute approximate surface area is 171 Å². The molecule has 1 saturated carbocycles. The van der Waals surface area contributed by atoms with Gasteiger partial charge in [0.15, 0.2) is 5.76 Å². The van der Waals surface area contributed by atoms with Crippen molar-refractivity contribution >= 4 is 34.5 Å². The van der Waals surface area contributed by atoms with Crippen LogP contribution in [0.2, 0.25) is 0 Å². The van der Waals surface area contributed by atoms with Crippen molar-refractivity contribution in [3.63, 3.8) is 0 Å². The number of nitrogens with one attached hydrogen (secondary N) is 2. The van der Waals surface area contributed by atoms with Crippen LogP contribution in [0.1, 0.15) is 62.1 Å². The second kappa shape index (κ2) is 10.0. The third kappa shape index (κ3) is 5.31. The van der Waals surface area contributed by atoms with Crippen LogP contribution < -0.4 is 10.6 Å². The number of amides is 2. The van der Waals surface area contributed by atoms with Crippen molar-refractivity contribution in [2.45, 2.75) is 57.0 Å². The maximum Gasteiger partial charge on any atom is 0.287 e. The number of para-hydroxylation sites is 1. The molecule has 0 unspecified atom stereocenters. The molecule has 2 N–H and O–H groups in total. The van der Waals surface area contributed by atoms with Gasteiger partial charge in [-0.15, -0.1) is 0 Å². The Balaban J connectivity index is 1.65. The Kier molecular flexibility index (Phi) is 7.43. The molecule has 0 spiro atoms. The van der Waals surface area contributed by atoms with Gasteiger partial charge < -0.3 is 15.1 Å². The summed E-state index contributed by atoms with van der Waals surface area (Å²) in [6, 6.07) is 7.84. The number of hydrogen-bond acceptors (Lipinski definition) is 4. The number of rotatable bonds is 8. The van der Waals surface area contributed by atoms with Gasteiger partial charge in [-0.25, -0.2) is 0 Å². The topological polar surface area (TPSA) is 71.3 Å². The Hall–Kier alpha value is -1.95. The molecule has 28 heavy (non-hydrogen) atoms. The Morgan fingerprint density at radius 1 is 1.11 bits per heavy atom. The Bertz CT molecular complexity index is 809. The maximum atomic E-state index is 12.7. The molecule has 3 rings (SSSR count). The summed E-state index contributed by atoms with van der Waals surface area (Å²) in [5.74, 6) is 0.903. The molecule has 0 aliphatic heterocycles. The summed E-state index contributed by atoms with van der Waals surface area (Å²) >= 11 is 1.94. The minimum Gasteiger partial charge on any atom is -0.451 e. The first-order valence-electron chi connectivity index (χ1n) is 10.2. The van der Waals surface area contributed by atoms with Crippen molar-refractivity contribution in [3.8, 4) is 0 Å². The van der Waals surface area contributed by atoms with Gasteiger partial charge in [0, 0.05) is 41.0 Å². The lowest BCUT2D eigenvalue weighted by Crippen LogP contribution is -2.36. The van der Waals surface area contributed by atoms with Crippen molar-refractivity contribution in [1.29, 1.82) is 0 Å². The van der Waals surface area contributed by atoms with Crippen LogP contribution in [0.4, 0.5) is 0 Å². The van der Waals surface area contributed by atoms with Crippen LogP contribution in [0.25, 0.3) is 11.0 Å². The highest BCUT2D eigenvalue weighted by molar-refractivity contribution is 7.99. The molecule has 5 nitrogen and oxygen atoms in total. The normalized spacial score (nSPS) is 15.1. The van der Waals surface area contributed by atoms with E-state index in [0.717, 1.165) is 22.3 Å². The van der Waals surface area contributed by atoms with Crippen LogP contribution in [0.5, 0.6) is 0 Å². The van der Waals surface area contributed by atoms with Gasteiger partial charge in [-0.1, -0.05) is 51.3 Å². The van der Waals surface area contributed by atoms with Crippen molar-refractivity contribution in [2.75, 3.05) is 13.1 Å². The fourth-order valence-electron chi connectivity index (χ4n) is 3.50. The largest absolute Gasteiger partial charge is 0.451 e. The van der Waals surface area contributed by atoms with E-state index in [2.05, 4.69) is 10.6 Å².